The fourth-order valence-corrected chi connectivity index (χ4v) is 1.17. The molecule has 1 rings (SSSR count). The van der Waals surface area contributed by atoms with E-state index < -0.39 is 5.97 Å². The van der Waals surface area contributed by atoms with Crippen LogP contribution < -0.4 is 0 Å². The molecule has 0 fully saturated rings. The normalized spacial score (nSPS) is 10.6. The van der Waals surface area contributed by atoms with Gasteiger partial charge in [0.1, 0.15) is 0 Å². The van der Waals surface area contributed by atoms with E-state index >= 15 is 0 Å². The minimum atomic E-state index is -0.917. The van der Waals surface area contributed by atoms with E-state index in [1.807, 2.05) is 32.0 Å². The van der Waals surface area contributed by atoms with Gasteiger partial charge in [0, 0.05) is 6.08 Å². The predicted molar refractivity (Wildman–Crippen MR) is 52.6 cm³/mol. The molecular formula is C11H12O2. The maximum atomic E-state index is 10.3. The second-order valence-corrected chi connectivity index (χ2v) is 3.03. The smallest absolute Gasteiger partial charge is 0.328 e. The maximum absolute atomic E-state index is 10.3. The quantitative estimate of drug-likeness (QED) is 0.702. The van der Waals surface area contributed by atoms with Crippen LogP contribution in [0.15, 0.2) is 24.3 Å². The molecule has 0 saturated carbocycles. The van der Waals surface area contributed by atoms with E-state index in [0.717, 1.165) is 17.2 Å². The second kappa shape index (κ2) is 3.90. The van der Waals surface area contributed by atoms with E-state index in [2.05, 4.69) is 0 Å². The van der Waals surface area contributed by atoms with Gasteiger partial charge in [-0.25, -0.2) is 4.79 Å². The lowest BCUT2D eigenvalue weighted by Crippen LogP contribution is -1.87. The summed E-state index contributed by atoms with van der Waals surface area (Å²) in [6, 6.07) is 5.92. The summed E-state index contributed by atoms with van der Waals surface area (Å²) in [5.41, 5.74) is 3.23. The van der Waals surface area contributed by atoms with Crippen LogP contribution in [-0.2, 0) is 4.79 Å². The van der Waals surface area contributed by atoms with Crippen LogP contribution in [0.4, 0.5) is 0 Å². The number of carboxylic acids is 1. The Morgan fingerprint density at radius 3 is 2.62 bits per heavy atom. The molecule has 0 atom stereocenters. The molecule has 0 aliphatic carbocycles. The highest BCUT2D eigenvalue weighted by atomic mass is 16.4. The van der Waals surface area contributed by atoms with Gasteiger partial charge < -0.3 is 5.11 Å². The summed E-state index contributed by atoms with van der Waals surface area (Å²) in [5, 5.41) is 8.43. The largest absolute Gasteiger partial charge is 0.478 e. The van der Waals surface area contributed by atoms with Gasteiger partial charge in [0.05, 0.1) is 0 Å². The predicted octanol–water partition coefficient (Wildman–Crippen LogP) is 2.40. The Morgan fingerprint density at radius 1 is 1.38 bits per heavy atom. The SMILES string of the molecule is Cc1ccc(/C=C\C(=O)O)c(C)c1. The van der Waals surface area contributed by atoms with Gasteiger partial charge in [0.15, 0.2) is 0 Å². The van der Waals surface area contributed by atoms with E-state index in [1.54, 1.807) is 6.08 Å². The molecule has 0 saturated heterocycles. The molecule has 2 heteroatoms. The first-order valence-corrected chi connectivity index (χ1v) is 4.08. The molecule has 2 nitrogen and oxygen atoms in total. The van der Waals surface area contributed by atoms with Gasteiger partial charge in [-0.05, 0) is 31.1 Å². The second-order valence-electron chi connectivity index (χ2n) is 3.03. The molecule has 0 unspecified atom stereocenters. The zero-order chi connectivity index (χ0) is 9.84. The molecule has 1 aromatic rings. The molecule has 13 heavy (non-hydrogen) atoms. The van der Waals surface area contributed by atoms with Crippen LogP contribution in [-0.4, -0.2) is 11.1 Å². The number of carboxylic acid groups (broad SMARTS) is 1. The Morgan fingerprint density at radius 2 is 2.08 bits per heavy atom. The zero-order valence-electron chi connectivity index (χ0n) is 7.74. The van der Waals surface area contributed by atoms with Crippen molar-refractivity contribution in [1.29, 1.82) is 0 Å². The number of carbonyl (C=O) groups is 1. The first-order chi connectivity index (χ1) is 6.09. The molecule has 0 bridgehead atoms. The maximum Gasteiger partial charge on any atom is 0.328 e. The van der Waals surface area contributed by atoms with Crippen molar-refractivity contribution in [1.82, 2.24) is 0 Å². The molecule has 68 valence electrons. The molecule has 0 radical (unpaired) electrons. The summed E-state index contributed by atoms with van der Waals surface area (Å²) in [6.07, 6.45) is 2.76. The van der Waals surface area contributed by atoms with Crippen molar-refractivity contribution in [2.24, 2.45) is 0 Å². The van der Waals surface area contributed by atoms with Gasteiger partial charge in [-0.3, -0.25) is 0 Å². The van der Waals surface area contributed by atoms with Crippen molar-refractivity contribution in [2.75, 3.05) is 0 Å². The lowest BCUT2D eigenvalue weighted by atomic mass is 10.1. The van der Waals surface area contributed by atoms with Crippen LogP contribution in [0.2, 0.25) is 0 Å². The highest BCUT2D eigenvalue weighted by molar-refractivity contribution is 5.85. The summed E-state index contributed by atoms with van der Waals surface area (Å²) in [6.45, 7) is 3.98. The summed E-state index contributed by atoms with van der Waals surface area (Å²) in [7, 11) is 0. The average molecular weight is 176 g/mol. The van der Waals surface area contributed by atoms with Crippen LogP contribution in [0.3, 0.4) is 0 Å². The summed E-state index contributed by atoms with van der Waals surface area (Å²) in [5.74, 6) is -0.917. The lowest BCUT2D eigenvalue weighted by molar-refractivity contribution is -0.131. The molecule has 0 spiro atoms. The molecule has 0 amide bonds. The summed E-state index contributed by atoms with van der Waals surface area (Å²) >= 11 is 0. The van der Waals surface area contributed by atoms with Crippen molar-refractivity contribution in [3.63, 3.8) is 0 Å². The Labute approximate surface area is 77.5 Å². The van der Waals surface area contributed by atoms with Crippen LogP contribution in [0.1, 0.15) is 16.7 Å². The Bertz CT molecular complexity index is 351. The third-order valence-electron chi connectivity index (χ3n) is 1.83. The molecule has 1 N–H and O–H groups in total. The topological polar surface area (TPSA) is 37.3 Å². The molecule has 0 heterocycles. The minimum Gasteiger partial charge on any atom is -0.478 e. The Balaban J connectivity index is 2.96. The highest BCUT2D eigenvalue weighted by Gasteiger charge is 1.94. The zero-order valence-corrected chi connectivity index (χ0v) is 7.74. The van der Waals surface area contributed by atoms with Gasteiger partial charge in [-0.1, -0.05) is 23.8 Å². The van der Waals surface area contributed by atoms with Crippen LogP contribution >= 0.6 is 0 Å². The number of benzene rings is 1. The Kier molecular flexibility index (Phi) is 2.85. The Hall–Kier alpha value is -1.57. The van der Waals surface area contributed by atoms with Crippen molar-refractivity contribution in [3.05, 3.63) is 41.0 Å². The van der Waals surface area contributed by atoms with E-state index in [9.17, 15) is 4.79 Å². The number of hydrogen-bond donors (Lipinski definition) is 1. The first-order valence-electron chi connectivity index (χ1n) is 4.08. The van der Waals surface area contributed by atoms with E-state index in [-0.39, 0.29) is 0 Å². The minimum absolute atomic E-state index is 0.917. The van der Waals surface area contributed by atoms with Gasteiger partial charge in [0.2, 0.25) is 0 Å². The monoisotopic (exact) mass is 176 g/mol. The highest BCUT2D eigenvalue weighted by Crippen LogP contribution is 2.11. The van der Waals surface area contributed by atoms with Gasteiger partial charge in [-0.15, -0.1) is 0 Å². The first kappa shape index (κ1) is 9.52. The number of aliphatic carboxylic acids is 1. The molecular weight excluding hydrogens is 164 g/mol. The third-order valence-corrected chi connectivity index (χ3v) is 1.83. The van der Waals surface area contributed by atoms with Gasteiger partial charge in [-0.2, -0.15) is 0 Å². The molecule has 0 aliphatic rings. The summed E-state index contributed by atoms with van der Waals surface area (Å²) in [4.78, 5) is 10.3. The van der Waals surface area contributed by atoms with Crippen molar-refractivity contribution in [3.8, 4) is 0 Å². The van der Waals surface area contributed by atoms with Crippen LogP contribution in [0.25, 0.3) is 6.08 Å². The molecule has 1 aromatic carbocycles. The number of hydrogen-bond acceptors (Lipinski definition) is 1. The van der Waals surface area contributed by atoms with Gasteiger partial charge in [0.25, 0.3) is 0 Å². The third kappa shape index (κ3) is 2.75. The van der Waals surface area contributed by atoms with E-state index in [1.165, 1.54) is 5.56 Å². The fraction of sp³-hybridized carbons (Fsp3) is 0.182. The van der Waals surface area contributed by atoms with Gasteiger partial charge >= 0.3 is 5.97 Å². The van der Waals surface area contributed by atoms with E-state index in [4.69, 9.17) is 5.11 Å². The number of rotatable bonds is 2. The van der Waals surface area contributed by atoms with Crippen LogP contribution in [0.5, 0.6) is 0 Å². The molecule has 0 aromatic heterocycles. The van der Waals surface area contributed by atoms with E-state index in [0.29, 0.717) is 0 Å². The lowest BCUT2D eigenvalue weighted by Gasteiger charge is -2.00. The standard InChI is InChI=1S/C11H12O2/c1-8-3-4-10(9(2)7-8)5-6-11(12)13/h3-7H,1-2H3,(H,12,13)/b6-5-. The average Bonchev–Trinajstić information content (AvgIpc) is 2.02. The fourth-order valence-electron chi connectivity index (χ4n) is 1.17. The summed E-state index contributed by atoms with van der Waals surface area (Å²) < 4.78 is 0. The van der Waals surface area contributed by atoms with Crippen molar-refractivity contribution < 1.29 is 9.90 Å². The number of aryl methyl sites for hydroxylation is 2. The van der Waals surface area contributed by atoms with Crippen molar-refractivity contribution >= 4 is 12.0 Å². The van der Waals surface area contributed by atoms with Crippen LogP contribution in [0, 0.1) is 13.8 Å². The molecule has 0 aliphatic heterocycles. The van der Waals surface area contributed by atoms with Crippen molar-refractivity contribution in [2.45, 2.75) is 13.8 Å².